The molecule has 1 fully saturated rings. The zero-order valence-corrected chi connectivity index (χ0v) is 7.31. The van der Waals surface area contributed by atoms with E-state index in [2.05, 4.69) is 10.00 Å². The minimum atomic E-state index is 0.142. The second-order valence-electron chi connectivity index (χ2n) is 3.18. The van der Waals surface area contributed by atoms with Crippen LogP contribution in [0.2, 0.25) is 0 Å². The summed E-state index contributed by atoms with van der Waals surface area (Å²) < 4.78 is 0. The Morgan fingerprint density at radius 3 is 2.69 bits per heavy atom. The van der Waals surface area contributed by atoms with Gasteiger partial charge in [0.25, 0.3) is 5.82 Å². The van der Waals surface area contributed by atoms with Crippen molar-refractivity contribution < 1.29 is 4.85 Å². The van der Waals surface area contributed by atoms with Crippen molar-refractivity contribution in [1.82, 2.24) is 5.10 Å². The molecule has 2 heterocycles. The van der Waals surface area contributed by atoms with Crippen molar-refractivity contribution in [3.8, 4) is 0 Å². The number of anilines is 2. The Morgan fingerprint density at radius 2 is 2.08 bits per heavy atom. The van der Waals surface area contributed by atoms with E-state index >= 15 is 0 Å². The van der Waals surface area contributed by atoms with E-state index in [0.29, 0.717) is 4.85 Å². The Morgan fingerprint density at radius 1 is 1.38 bits per heavy atom. The molecule has 1 aromatic heterocycles. The van der Waals surface area contributed by atoms with Crippen LogP contribution in [0.4, 0.5) is 11.6 Å². The lowest BCUT2D eigenvalue weighted by Gasteiger charge is -2.15. The van der Waals surface area contributed by atoms with Gasteiger partial charge in [0.2, 0.25) is 0 Å². The molecule has 2 rings (SSSR count). The molecule has 0 saturated carbocycles. The Balaban J connectivity index is 2.25. The highest BCUT2D eigenvalue weighted by Gasteiger charge is 2.14. The molecule has 70 valence electrons. The second-order valence-corrected chi connectivity index (χ2v) is 3.18. The van der Waals surface area contributed by atoms with Gasteiger partial charge in [-0.05, 0) is 18.9 Å². The van der Waals surface area contributed by atoms with Crippen molar-refractivity contribution in [1.29, 1.82) is 0 Å². The number of hydrogen-bond acceptors (Lipinski definition) is 4. The lowest BCUT2D eigenvalue weighted by molar-refractivity contribution is -0.653. The molecule has 1 aromatic rings. The highest BCUT2D eigenvalue weighted by atomic mass is 16.5. The molecule has 1 saturated heterocycles. The fraction of sp³-hybridized carbons (Fsp3) is 0.500. The molecular weight excluding hydrogens is 168 g/mol. The summed E-state index contributed by atoms with van der Waals surface area (Å²) in [4.78, 5) is 2.56. The van der Waals surface area contributed by atoms with Gasteiger partial charge in [-0.15, -0.1) is 4.85 Å². The molecule has 0 unspecified atom stereocenters. The van der Waals surface area contributed by atoms with Gasteiger partial charge in [-0.2, -0.15) is 0 Å². The smallest absolute Gasteiger partial charge is 0.296 e. The van der Waals surface area contributed by atoms with Crippen LogP contribution in [0.25, 0.3) is 0 Å². The average molecular weight is 180 g/mol. The SMILES string of the molecule is Nc1ccc(N2CCCC2)n[n+]1[O-]. The van der Waals surface area contributed by atoms with E-state index in [1.807, 2.05) is 0 Å². The monoisotopic (exact) mass is 180 g/mol. The van der Waals surface area contributed by atoms with Gasteiger partial charge in [-0.25, -0.2) is 0 Å². The van der Waals surface area contributed by atoms with Crippen LogP contribution in [0.5, 0.6) is 0 Å². The molecule has 0 aliphatic carbocycles. The first kappa shape index (κ1) is 8.10. The van der Waals surface area contributed by atoms with Crippen molar-refractivity contribution in [2.24, 2.45) is 0 Å². The first-order valence-corrected chi connectivity index (χ1v) is 4.39. The Hall–Kier alpha value is -1.52. The number of nitrogen functional groups attached to an aromatic ring is 1. The summed E-state index contributed by atoms with van der Waals surface area (Å²) in [5.74, 6) is 0.865. The largest absolute Gasteiger partial charge is 0.691 e. The first-order valence-electron chi connectivity index (χ1n) is 4.39. The first-order chi connectivity index (χ1) is 6.27. The fourth-order valence-electron chi connectivity index (χ4n) is 1.52. The van der Waals surface area contributed by atoms with E-state index < -0.39 is 0 Å². The fourth-order valence-corrected chi connectivity index (χ4v) is 1.52. The van der Waals surface area contributed by atoms with E-state index in [9.17, 15) is 5.21 Å². The summed E-state index contributed by atoms with van der Waals surface area (Å²) in [5.41, 5.74) is 5.36. The molecule has 0 radical (unpaired) electrons. The van der Waals surface area contributed by atoms with E-state index in [0.717, 1.165) is 18.9 Å². The third-order valence-corrected chi connectivity index (χ3v) is 2.25. The van der Waals surface area contributed by atoms with Gasteiger partial charge in [0.1, 0.15) is 0 Å². The Labute approximate surface area is 76.4 Å². The third kappa shape index (κ3) is 1.49. The molecule has 0 bridgehead atoms. The van der Waals surface area contributed by atoms with Crippen molar-refractivity contribution in [3.63, 3.8) is 0 Å². The molecule has 1 aliphatic heterocycles. The van der Waals surface area contributed by atoms with E-state index in [1.54, 1.807) is 12.1 Å². The van der Waals surface area contributed by atoms with Crippen LogP contribution in [0.15, 0.2) is 12.1 Å². The number of nitrogens with zero attached hydrogens (tertiary/aromatic N) is 3. The summed E-state index contributed by atoms with van der Waals surface area (Å²) in [7, 11) is 0. The van der Waals surface area contributed by atoms with Crippen molar-refractivity contribution in [2.45, 2.75) is 12.8 Å². The molecule has 1 aliphatic rings. The Kier molecular flexibility index (Phi) is 1.92. The highest BCUT2D eigenvalue weighted by Crippen LogP contribution is 2.16. The van der Waals surface area contributed by atoms with Gasteiger partial charge < -0.3 is 10.1 Å². The molecule has 13 heavy (non-hydrogen) atoms. The molecule has 2 N–H and O–H groups in total. The molecular formula is C8H12N4O. The zero-order valence-electron chi connectivity index (χ0n) is 7.31. The van der Waals surface area contributed by atoms with Gasteiger partial charge in [0.05, 0.1) is 0 Å². The maximum atomic E-state index is 11.1. The molecule has 5 nitrogen and oxygen atoms in total. The van der Waals surface area contributed by atoms with Gasteiger partial charge in [-0.3, -0.25) is 5.73 Å². The molecule has 5 heteroatoms. The topological polar surface area (TPSA) is 69.1 Å². The molecule has 0 atom stereocenters. The van der Waals surface area contributed by atoms with Crippen LogP contribution in [0, 0.1) is 5.21 Å². The third-order valence-electron chi connectivity index (χ3n) is 2.25. The zero-order chi connectivity index (χ0) is 9.26. The summed E-state index contributed by atoms with van der Waals surface area (Å²) in [6.45, 7) is 1.97. The quantitative estimate of drug-likeness (QED) is 0.484. The summed E-state index contributed by atoms with van der Waals surface area (Å²) in [6.07, 6.45) is 2.34. The number of rotatable bonds is 1. The van der Waals surface area contributed by atoms with Gasteiger partial charge >= 0.3 is 0 Å². The maximum absolute atomic E-state index is 11.1. The normalized spacial score (nSPS) is 16.5. The summed E-state index contributed by atoms with van der Waals surface area (Å²) >= 11 is 0. The predicted molar refractivity (Wildman–Crippen MR) is 49.1 cm³/mol. The van der Waals surface area contributed by atoms with Crippen molar-refractivity contribution in [2.75, 3.05) is 23.7 Å². The van der Waals surface area contributed by atoms with Crippen LogP contribution < -0.4 is 15.5 Å². The predicted octanol–water partition coefficient (Wildman–Crippen LogP) is -0.103. The lowest BCUT2D eigenvalue weighted by atomic mass is 10.4. The van der Waals surface area contributed by atoms with E-state index in [4.69, 9.17) is 5.73 Å². The van der Waals surface area contributed by atoms with Crippen LogP contribution >= 0.6 is 0 Å². The van der Waals surface area contributed by atoms with Gasteiger partial charge in [0, 0.05) is 19.2 Å². The van der Waals surface area contributed by atoms with E-state index in [-0.39, 0.29) is 5.82 Å². The van der Waals surface area contributed by atoms with Crippen LogP contribution in [-0.4, -0.2) is 18.2 Å². The summed E-state index contributed by atoms with van der Waals surface area (Å²) in [6, 6.07) is 3.38. The lowest BCUT2D eigenvalue weighted by Crippen LogP contribution is -2.37. The molecule has 0 spiro atoms. The van der Waals surface area contributed by atoms with Crippen LogP contribution in [-0.2, 0) is 0 Å². The van der Waals surface area contributed by atoms with Crippen molar-refractivity contribution in [3.05, 3.63) is 17.3 Å². The number of hydrogen-bond donors (Lipinski definition) is 1. The second kappa shape index (κ2) is 3.08. The van der Waals surface area contributed by atoms with Gasteiger partial charge in [0.15, 0.2) is 5.82 Å². The van der Waals surface area contributed by atoms with Crippen molar-refractivity contribution >= 4 is 11.6 Å². The average Bonchev–Trinajstić information content (AvgIpc) is 2.62. The van der Waals surface area contributed by atoms with E-state index in [1.165, 1.54) is 12.8 Å². The highest BCUT2D eigenvalue weighted by molar-refractivity contribution is 5.39. The molecule has 0 aromatic carbocycles. The van der Waals surface area contributed by atoms with Crippen LogP contribution in [0.1, 0.15) is 12.8 Å². The minimum absolute atomic E-state index is 0.142. The summed E-state index contributed by atoms with van der Waals surface area (Å²) in [5, 5.41) is 14.9. The maximum Gasteiger partial charge on any atom is 0.296 e. The minimum Gasteiger partial charge on any atom is -0.691 e. The standard InChI is InChI=1S/C8H12N4O/c9-7-3-4-8(10-12(7)13)11-5-1-2-6-11/h3-4H,1-2,5-6,9H2. The molecule has 0 amide bonds. The number of aromatic nitrogens is 2. The number of nitrogens with two attached hydrogens (primary N) is 1. The van der Waals surface area contributed by atoms with Crippen LogP contribution in [0.3, 0.4) is 0 Å². The Bertz CT molecular complexity index is 309. The van der Waals surface area contributed by atoms with Gasteiger partial charge in [-0.1, -0.05) is 5.10 Å².